The Hall–Kier alpha value is -0.300. The van der Waals surface area contributed by atoms with Gasteiger partial charge in [0, 0.05) is 18.0 Å². The van der Waals surface area contributed by atoms with Crippen molar-refractivity contribution in [2.75, 3.05) is 18.1 Å². The van der Waals surface area contributed by atoms with Gasteiger partial charge in [-0.1, -0.05) is 0 Å². The lowest BCUT2D eigenvalue weighted by molar-refractivity contribution is -0.134. The standard InChI is InChI=1S/C15H28F3NO2S/c1-14(2,3)19-10-4-7-13(19)8-5-11-22(20,21)12-6-9-15(16,17)18/h13H,4-12H2,1-3H3/t13-/m1/s1. The van der Waals surface area contributed by atoms with Crippen molar-refractivity contribution < 1.29 is 21.6 Å². The second kappa shape index (κ2) is 7.51. The first kappa shape index (κ1) is 19.7. The fourth-order valence-corrected chi connectivity index (χ4v) is 4.55. The van der Waals surface area contributed by atoms with Crippen LogP contribution in [0.1, 0.15) is 59.3 Å². The highest BCUT2D eigenvalue weighted by molar-refractivity contribution is 7.91. The summed E-state index contributed by atoms with van der Waals surface area (Å²) in [6.07, 6.45) is -2.09. The van der Waals surface area contributed by atoms with Crippen molar-refractivity contribution in [2.45, 2.75) is 77.1 Å². The van der Waals surface area contributed by atoms with Gasteiger partial charge in [-0.15, -0.1) is 0 Å². The molecular formula is C15H28F3NO2S. The molecule has 1 heterocycles. The molecule has 0 amide bonds. The Balaban J connectivity index is 2.33. The van der Waals surface area contributed by atoms with Crippen LogP contribution in [0.5, 0.6) is 0 Å². The number of nitrogens with zero attached hydrogens (tertiary/aromatic N) is 1. The molecule has 1 aliphatic rings. The van der Waals surface area contributed by atoms with E-state index in [4.69, 9.17) is 0 Å². The maximum atomic E-state index is 12.0. The van der Waals surface area contributed by atoms with Gasteiger partial charge >= 0.3 is 6.18 Å². The third-order valence-corrected chi connectivity index (χ3v) is 5.97. The summed E-state index contributed by atoms with van der Waals surface area (Å²) < 4.78 is 59.7. The average molecular weight is 343 g/mol. The molecule has 1 fully saturated rings. The Kier molecular flexibility index (Phi) is 6.74. The number of hydrogen-bond donors (Lipinski definition) is 0. The van der Waals surface area contributed by atoms with Gasteiger partial charge in [-0.25, -0.2) is 8.42 Å². The van der Waals surface area contributed by atoms with Crippen LogP contribution >= 0.6 is 0 Å². The number of rotatable bonds is 7. The molecule has 0 aromatic heterocycles. The first-order chi connectivity index (χ1) is 9.91. The van der Waals surface area contributed by atoms with Gasteiger partial charge in [0.15, 0.2) is 0 Å². The molecule has 3 nitrogen and oxygen atoms in total. The summed E-state index contributed by atoms with van der Waals surface area (Å²) in [6.45, 7) is 7.49. The third kappa shape index (κ3) is 7.31. The maximum Gasteiger partial charge on any atom is 0.389 e. The molecular weight excluding hydrogens is 315 g/mol. The van der Waals surface area contributed by atoms with Crippen molar-refractivity contribution in [3.63, 3.8) is 0 Å². The number of likely N-dealkylation sites (tertiary alicyclic amines) is 1. The zero-order chi connectivity index (χ0) is 17.0. The Labute approximate surface area is 132 Å². The van der Waals surface area contributed by atoms with Crippen molar-refractivity contribution in [1.29, 1.82) is 0 Å². The van der Waals surface area contributed by atoms with E-state index in [2.05, 4.69) is 25.7 Å². The lowest BCUT2D eigenvalue weighted by atomic mass is 10.0. The minimum atomic E-state index is -4.27. The molecule has 0 N–H and O–H groups in total. The van der Waals surface area contributed by atoms with E-state index >= 15 is 0 Å². The summed E-state index contributed by atoms with van der Waals surface area (Å²) in [4.78, 5) is 2.41. The largest absolute Gasteiger partial charge is 0.389 e. The molecule has 0 aromatic rings. The quantitative estimate of drug-likeness (QED) is 0.706. The molecule has 0 unspecified atom stereocenters. The molecule has 22 heavy (non-hydrogen) atoms. The van der Waals surface area contributed by atoms with Gasteiger partial charge < -0.3 is 0 Å². The number of halogens is 3. The molecule has 1 saturated heterocycles. The van der Waals surface area contributed by atoms with E-state index in [0.717, 1.165) is 25.8 Å². The molecule has 132 valence electrons. The zero-order valence-electron chi connectivity index (χ0n) is 13.7. The molecule has 0 aromatic carbocycles. The lowest BCUT2D eigenvalue weighted by Crippen LogP contribution is -2.44. The van der Waals surface area contributed by atoms with Crippen LogP contribution in [-0.4, -0.2) is 49.1 Å². The fourth-order valence-electron chi connectivity index (χ4n) is 3.15. The number of alkyl halides is 3. The topological polar surface area (TPSA) is 37.4 Å². The predicted octanol–water partition coefficient (Wildman–Crippen LogP) is 3.79. The maximum absolute atomic E-state index is 12.0. The van der Waals surface area contributed by atoms with E-state index < -0.39 is 22.4 Å². The minimum Gasteiger partial charge on any atom is -0.296 e. The predicted molar refractivity (Wildman–Crippen MR) is 82.7 cm³/mol. The third-order valence-electron chi connectivity index (χ3n) is 4.15. The number of sulfone groups is 1. The van der Waals surface area contributed by atoms with Gasteiger partial charge in [0.25, 0.3) is 0 Å². The molecule has 1 aliphatic heterocycles. The smallest absolute Gasteiger partial charge is 0.296 e. The van der Waals surface area contributed by atoms with E-state index in [1.807, 2.05) is 0 Å². The van der Waals surface area contributed by atoms with E-state index in [1.165, 1.54) is 0 Å². The van der Waals surface area contributed by atoms with Crippen molar-refractivity contribution in [3.8, 4) is 0 Å². The molecule has 0 saturated carbocycles. The Morgan fingerprint density at radius 3 is 2.23 bits per heavy atom. The zero-order valence-corrected chi connectivity index (χ0v) is 14.6. The van der Waals surface area contributed by atoms with Crippen LogP contribution in [0.3, 0.4) is 0 Å². The van der Waals surface area contributed by atoms with Crippen molar-refractivity contribution in [1.82, 2.24) is 4.90 Å². The molecule has 1 rings (SSSR count). The summed E-state index contributed by atoms with van der Waals surface area (Å²) in [5, 5.41) is 0. The summed E-state index contributed by atoms with van der Waals surface area (Å²) in [6, 6.07) is 0.394. The van der Waals surface area contributed by atoms with Crippen LogP contribution in [0.15, 0.2) is 0 Å². The van der Waals surface area contributed by atoms with Crippen LogP contribution in [0.25, 0.3) is 0 Å². The Bertz CT molecular complexity index is 441. The highest BCUT2D eigenvalue weighted by atomic mass is 32.2. The van der Waals surface area contributed by atoms with Gasteiger partial charge in [-0.3, -0.25) is 4.90 Å². The molecule has 0 bridgehead atoms. The Morgan fingerprint density at radius 2 is 1.68 bits per heavy atom. The molecule has 7 heteroatoms. The summed E-state index contributed by atoms with van der Waals surface area (Å²) >= 11 is 0. The lowest BCUT2D eigenvalue weighted by Gasteiger charge is -2.37. The molecule has 1 atom stereocenters. The second-order valence-corrected chi connectivity index (χ2v) is 9.48. The van der Waals surface area contributed by atoms with E-state index in [9.17, 15) is 21.6 Å². The van der Waals surface area contributed by atoms with Crippen molar-refractivity contribution in [3.05, 3.63) is 0 Å². The van der Waals surface area contributed by atoms with Gasteiger partial charge in [0.05, 0.1) is 11.5 Å². The molecule has 0 radical (unpaired) electrons. The summed E-state index contributed by atoms with van der Waals surface area (Å²) in [5.41, 5.74) is 0.0761. The first-order valence-electron chi connectivity index (χ1n) is 7.95. The fraction of sp³-hybridized carbons (Fsp3) is 1.00. The molecule has 0 spiro atoms. The average Bonchev–Trinajstić information content (AvgIpc) is 2.74. The van der Waals surface area contributed by atoms with Gasteiger partial charge in [-0.05, 0) is 59.4 Å². The highest BCUT2D eigenvalue weighted by Gasteiger charge is 2.32. The highest BCUT2D eigenvalue weighted by Crippen LogP contribution is 2.29. The van der Waals surface area contributed by atoms with Gasteiger partial charge in [0.2, 0.25) is 0 Å². The van der Waals surface area contributed by atoms with Crippen LogP contribution in [-0.2, 0) is 9.84 Å². The van der Waals surface area contributed by atoms with E-state index in [1.54, 1.807) is 0 Å². The van der Waals surface area contributed by atoms with Crippen molar-refractivity contribution >= 4 is 9.84 Å². The summed E-state index contributed by atoms with van der Waals surface area (Å²) in [7, 11) is -3.37. The van der Waals surface area contributed by atoms with Crippen LogP contribution in [0.4, 0.5) is 13.2 Å². The van der Waals surface area contributed by atoms with Gasteiger partial charge in [0.1, 0.15) is 9.84 Å². The normalized spacial score (nSPS) is 21.5. The molecule has 0 aliphatic carbocycles. The second-order valence-electron chi connectivity index (χ2n) is 7.17. The van der Waals surface area contributed by atoms with Crippen LogP contribution < -0.4 is 0 Å². The first-order valence-corrected chi connectivity index (χ1v) is 9.77. The van der Waals surface area contributed by atoms with Crippen LogP contribution in [0, 0.1) is 0 Å². The van der Waals surface area contributed by atoms with Crippen LogP contribution in [0.2, 0.25) is 0 Å². The minimum absolute atomic E-state index is 0.000655. The van der Waals surface area contributed by atoms with Gasteiger partial charge in [-0.2, -0.15) is 13.2 Å². The summed E-state index contributed by atoms with van der Waals surface area (Å²) in [5.74, 6) is -0.362. The van der Waals surface area contributed by atoms with E-state index in [-0.39, 0.29) is 23.5 Å². The Morgan fingerprint density at radius 1 is 1.09 bits per heavy atom. The van der Waals surface area contributed by atoms with E-state index in [0.29, 0.717) is 12.5 Å². The monoisotopic (exact) mass is 343 g/mol. The number of hydrogen-bond acceptors (Lipinski definition) is 3. The van der Waals surface area contributed by atoms with Crippen molar-refractivity contribution in [2.24, 2.45) is 0 Å². The SMILES string of the molecule is CC(C)(C)N1CCC[C@@H]1CCCS(=O)(=O)CCCC(F)(F)F.